The topological polar surface area (TPSA) is 121 Å². The highest BCUT2D eigenvalue weighted by Gasteiger charge is 2.29. The molecule has 116 valence electrons. The lowest BCUT2D eigenvalue weighted by Crippen LogP contribution is -2.37. The van der Waals surface area contributed by atoms with Crippen LogP contribution in [0.25, 0.3) is 0 Å². The fourth-order valence-corrected chi connectivity index (χ4v) is 2.26. The monoisotopic (exact) mass is 295 g/mol. The third-order valence-corrected chi connectivity index (χ3v) is 3.68. The minimum absolute atomic E-state index is 0.301. The Morgan fingerprint density at radius 3 is 2.62 bits per heavy atom. The van der Waals surface area contributed by atoms with Gasteiger partial charge in [-0.05, 0) is 18.8 Å². The Bertz CT molecular complexity index is 477. The molecule has 21 heavy (non-hydrogen) atoms. The molecule has 2 heterocycles. The van der Waals surface area contributed by atoms with Crippen LogP contribution in [0.4, 0.5) is 17.8 Å². The fraction of sp³-hybridized carbons (Fsp3) is 0.750. The summed E-state index contributed by atoms with van der Waals surface area (Å²) in [7, 11) is 0. The van der Waals surface area contributed by atoms with Gasteiger partial charge in [-0.1, -0.05) is 0 Å². The lowest BCUT2D eigenvalue weighted by molar-refractivity contribution is 0.122. The maximum atomic E-state index is 9.89. The number of hydrazine groups is 1. The van der Waals surface area contributed by atoms with Crippen LogP contribution in [-0.4, -0.2) is 59.0 Å². The summed E-state index contributed by atoms with van der Waals surface area (Å²) in [5, 5.41) is 12.9. The van der Waals surface area contributed by atoms with Gasteiger partial charge in [-0.2, -0.15) is 15.0 Å². The average molecular weight is 295 g/mol. The van der Waals surface area contributed by atoms with E-state index in [-0.39, 0.29) is 6.10 Å². The summed E-state index contributed by atoms with van der Waals surface area (Å²) < 4.78 is 5.32. The van der Waals surface area contributed by atoms with Gasteiger partial charge >= 0.3 is 0 Å². The molecule has 0 amide bonds. The van der Waals surface area contributed by atoms with Crippen LogP contribution in [0.5, 0.6) is 0 Å². The number of anilines is 3. The smallest absolute Gasteiger partial charge is 0.243 e. The Kier molecular flexibility index (Phi) is 4.32. The van der Waals surface area contributed by atoms with Crippen LogP contribution >= 0.6 is 0 Å². The summed E-state index contributed by atoms with van der Waals surface area (Å²) >= 11 is 0. The number of nitrogens with two attached hydrogens (primary N) is 1. The van der Waals surface area contributed by atoms with Gasteiger partial charge in [-0.3, -0.25) is 5.43 Å². The minimum Gasteiger partial charge on any atom is -0.391 e. The summed E-state index contributed by atoms with van der Waals surface area (Å²) in [6.45, 7) is 3.21. The zero-order valence-corrected chi connectivity index (χ0v) is 11.8. The number of nitrogen functional groups attached to an aromatic ring is 1. The molecule has 0 radical (unpaired) electrons. The number of rotatable bonds is 6. The normalized spacial score (nSPS) is 20.2. The molecule has 5 N–H and O–H groups in total. The van der Waals surface area contributed by atoms with Gasteiger partial charge in [0.15, 0.2) is 0 Å². The second-order valence-electron chi connectivity index (χ2n) is 5.31. The number of ether oxygens (including phenoxy) is 1. The van der Waals surface area contributed by atoms with Crippen molar-refractivity contribution in [2.45, 2.75) is 18.9 Å². The molecule has 1 aromatic heterocycles. The van der Waals surface area contributed by atoms with E-state index < -0.39 is 0 Å². The first-order valence-electron chi connectivity index (χ1n) is 7.23. The van der Waals surface area contributed by atoms with Gasteiger partial charge in [0.1, 0.15) is 0 Å². The number of aromatic nitrogens is 3. The second-order valence-corrected chi connectivity index (χ2v) is 5.31. The first-order chi connectivity index (χ1) is 10.3. The Hall–Kier alpha value is -1.71. The molecule has 1 unspecified atom stereocenters. The van der Waals surface area contributed by atoms with Crippen molar-refractivity contribution < 1.29 is 9.84 Å². The molecule has 1 aromatic rings. The summed E-state index contributed by atoms with van der Waals surface area (Å²) in [6.07, 6.45) is 1.83. The zero-order valence-electron chi connectivity index (χ0n) is 11.8. The molecule has 0 aromatic carbocycles. The molecule has 3 rings (SSSR count). The first kappa shape index (κ1) is 14.2. The van der Waals surface area contributed by atoms with Crippen molar-refractivity contribution in [3.05, 3.63) is 0 Å². The molecule has 0 spiro atoms. The largest absolute Gasteiger partial charge is 0.391 e. The lowest BCUT2D eigenvalue weighted by Gasteiger charge is -2.27. The molecular weight excluding hydrogens is 274 g/mol. The van der Waals surface area contributed by atoms with Crippen LogP contribution in [0.2, 0.25) is 0 Å². The van der Waals surface area contributed by atoms with Crippen LogP contribution in [0, 0.1) is 5.92 Å². The Labute approximate surface area is 122 Å². The number of nitrogens with zero attached hydrogens (tertiary/aromatic N) is 4. The summed E-state index contributed by atoms with van der Waals surface area (Å²) in [4.78, 5) is 14.8. The summed E-state index contributed by atoms with van der Waals surface area (Å²) in [6, 6.07) is 0. The van der Waals surface area contributed by atoms with Crippen LogP contribution in [0.1, 0.15) is 12.8 Å². The van der Waals surface area contributed by atoms with Gasteiger partial charge in [-0.25, -0.2) is 5.84 Å². The van der Waals surface area contributed by atoms with E-state index in [9.17, 15) is 5.11 Å². The van der Waals surface area contributed by atoms with Crippen molar-refractivity contribution in [2.24, 2.45) is 11.8 Å². The molecule has 2 aliphatic rings. The van der Waals surface area contributed by atoms with Gasteiger partial charge in [0.05, 0.1) is 19.3 Å². The van der Waals surface area contributed by atoms with Crippen molar-refractivity contribution in [2.75, 3.05) is 48.5 Å². The third kappa shape index (κ3) is 3.69. The van der Waals surface area contributed by atoms with Crippen LogP contribution in [0.15, 0.2) is 0 Å². The number of nitrogens with one attached hydrogen (secondary N) is 2. The zero-order chi connectivity index (χ0) is 14.7. The van der Waals surface area contributed by atoms with Crippen LogP contribution < -0.4 is 21.5 Å². The molecule has 1 aliphatic carbocycles. The summed E-state index contributed by atoms with van der Waals surface area (Å²) in [5.41, 5.74) is 2.45. The van der Waals surface area contributed by atoms with Crippen molar-refractivity contribution in [3.63, 3.8) is 0 Å². The average Bonchev–Trinajstić information content (AvgIpc) is 3.38. The maximum Gasteiger partial charge on any atom is 0.243 e. The highest BCUT2D eigenvalue weighted by molar-refractivity contribution is 5.43. The summed E-state index contributed by atoms with van der Waals surface area (Å²) in [5.74, 6) is 7.09. The Morgan fingerprint density at radius 2 is 1.95 bits per heavy atom. The van der Waals surface area contributed by atoms with Crippen LogP contribution in [-0.2, 0) is 4.74 Å². The van der Waals surface area contributed by atoms with Crippen molar-refractivity contribution >= 4 is 17.8 Å². The molecule has 1 atom stereocenters. The predicted molar refractivity (Wildman–Crippen MR) is 77.9 cm³/mol. The molecule has 1 aliphatic heterocycles. The van der Waals surface area contributed by atoms with E-state index >= 15 is 0 Å². The van der Waals surface area contributed by atoms with Gasteiger partial charge < -0.3 is 20.1 Å². The van der Waals surface area contributed by atoms with E-state index in [2.05, 4.69) is 25.7 Å². The number of aliphatic hydroxyl groups is 1. The van der Waals surface area contributed by atoms with E-state index in [1.165, 1.54) is 0 Å². The minimum atomic E-state index is -0.358. The van der Waals surface area contributed by atoms with E-state index in [0.717, 1.165) is 25.9 Å². The molecule has 2 fully saturated rings. The Balaban J connectivity index is 1.69. The maximum absolute atomic E-state index is 9.89. The van der Waals surface area contributed by atoms with Gasteiger partial charge in [0.25, 0.3) is 0 Å². The molecule has 9 heteroatoms. The predicted octanol–water partition coefficient (Wildman–Crippen LogP) is -0.823. The van der Waals surface area contributed by atoms with E-state index in [1.807, 2.05) is 4.90 Å². The van der Waals surface area contributed by atoms with Gasteiger partial charge in [-0.15, -0.1) is 0 Å². The first-order valence-corrected chi connectivity index (χ1v) is 7.23. The number of hydrogen-bond donors (Lipinski definition) is 4. The molecule has 1 saturated carbocycles. The highest BCUT2D eigenvalue weighted by Crippen LogP contribution is 2.32. The number of morpholine rings is 1. The molecule has 9 nitrogen and oxygen atoms in total. The Morgan fingerprint density at radius 1 is 1.24 bits per heavy atom. The molecular formula is C12H21N7O2. The number of aliphatic hydroxyl groups excluding tert-OH is 1. The van der Waals surface area contributed by atoms with Gasteiger partial charge in [0, 0.05) is 19.6 Å². The quantitative estimate of drug-likeness (QED) is 0.394. The third-order valence-electron chi connectivity index (χ3n) is 3.68. The van der Waals surface area contributed by atoms with E-state index in [0.29, 0.717) is 43.5 Å². The molecule has 1 saturated heterocycles. The standard InChI is InChI=1S/C12H21N7O2/c13-18-11-15-10(14-7-9(20)8-1-2-8)16-12(17-11)19-3-5-21-6-4-19/h8-9,20H,1-7,13H2,(H2,14,15,16,17,18). The lowest BCUT2D eigenvalue weighted by atomic mass is 10.2. The fourth-order valence-electron chi connectivity index (χ4n) is 2.26. The van der Waals surface area contributed by atoms with Crippen LogP contribution in [0.3, 0.4) is 0 Å². The second kappa shape index (κ2) is 6.37. The highest BCUT2D eigenvalue weighted by atomic mass is 16.5. The van der Waals surface area contributed by atoms with Crippen molar-refractivity contribution in [3.8, 4) is 0 Å². The van der Waals surface area contributed by atoms with E-state index in [4.69, 9.17) is 10.6 Å². The van der Waals surface area contributed by atoms with Gasteiger partial charge in [0.2, 0.25) is 17.8 Å². The SMILES string of the molecule is NNc1nc(NCC(O)C2CC2)nc(N2CCOCC2)n1. The number of hydrogen-bond acceptors (Lipinski definition) is 9. The van der Waals surface area contributed by atoms with Crippen molar-refractivity contribution in [1.29, 1.82) is 0 Å². The van der Waals surface area contributed by atoms with E-state index in [1.54, 1.807) is 0 Å². The molecule has 0 bridgehead atoms. The van der Waals surface area contributed by atoms with Crippen molar-refractivity contribution in [1.82, 2.24) is 15.0 Å².